The number of ether oxygens (including phenoxy) is 1. The molecule has 10 heteroatoms. The number of halogens is 3. The Bertz CT molecular complexity index is 1080. The smallest absolute Gasteiger partial charge is 0.416 e. The minimum Gasteiger partial charge on any atom is -0.450 e. The first-order valence-corrected chi connectivity index (χ1v) is 9.73. The summed E-state index contributed by atoms with van der Waals surface area (Å²) in [5.41, 5.74) is -1.53. The number of nitrogens with one attached hydrogen (secondary N) is 1. The lowest BCUT2D eigenvalue weighted by molar-refractivity contribution is -0.385. The number of hydrogen-bond donors (Lipinski definition) is 1. The zero-order valence-corrected chi connectivity index (χ0v) is 16.7. The van der Waals surface area contributed by atoms with Crippen molar-refractivity contribution in [2.24, 2.45) is 0 Å². The van der Waals surface area contributed by atoms with Gasteiger partial charge in [-0.2, -0.15) is 18.4 Å². The summed E-state index contributed by atoms with van der Waals surface area (Å²) in [6.07, 6.45) is 0.512. The Balaban J connectivity index is 1.75. The highest BCUT2D eigenvalue weighted by molar-refractivity contribution is 6.01. The standard InChI is InChI=1S/C22H18F3N3O4/c23-22(24,25)16-7-10-20(19(12-16)28(30)31)32-18-8-5-14(6-9-18)11-15(13-26)21(29)27-17-3-1-2-4-17/h5-12,17H,1-4H2,(H,27,29)/b15-11-. The van der Waals surface area contributed by atoms with Crippen LogP contribution in [0.3, 0.4) is 0 Å². The summed E-state index contributed by atoms with van der Waals surface area (Å²) < 4.78 is 43.8. The first-order chi connectivity index (χ1) is 15.2. The van der Waals surface area contributed by atoms with Gasteiger partial charge in [0.2, 0.25) is 5.75 Å². The molecule has 0 heterocycles. The minimum atomic E-state index is -4.72. The van der Waals surface area contributed by atoms with E-state index < -0.39 is 28.3 Å². The van der Waals surface area contributed by atoms with Crippen molar-refractivity contribution < 1.29 is 27.6 Å². The fourth-order valence-corrected chi connectivity index (χ4v) is 3.33. The van der Waals surface area contributed by atoms with Crippen molar-refractivity contribution in [2.75, 3.05) is 0 Å². The summed E-state index contributed by atoms with van der Waals surface area (Å²) in [4.78, 5) is 22.5. The predicted molar refractivity (Wildman–Crippen MR) is 109 cm³/mol. The van der Waals surface area contributed by atoms with E-state index in [9.17, 15) is 33.3 Å². The molecule has 1 fully saturated rings. The first-order valence-electron chi connectivity index (χ1n) is 9.73. The van der Waals surface area contributed by atoms with Crippen molar-refractivity contribution in [3.63, 3.8) is 0 Å². The Morgan fingerprint density at radius 1 is 1.19 bits per heavy atom. The van der Waals surface area contributed by atoms with Gasteiger partial charge in [-0.15, -0.1) is 0 Å². The second kappa shape index (κ2) is 9.51. The lowest BCUT2D eigenvalue weighted by Gasteiger charge is -2.11. The Labute approximate surface area is 181 Å². The van der Waals surface area contributed by atoms with Crippen LogP contribution in [-0.2, 0) is 11.0 Å². The Morgan fingerprint density at radius 3 is 2.41 bits per heavy atom. The molecular weight excluding hydrogens is 427 g/mol. The molecule has 2 aromatic rings. The van der Waals surface area contributed by atoms with E-state index in [2.05, 4.69) is 5.32 Å². The molecule has 0 unspecified atom stereocenters. The highest BCUT2D eigenvalue weighted by atomic mass is 19.4. The van der Waals surface area contributed by atoms with Gasteiger partial charge in [0.15, 0.2) is 0 Å². The molecule has 0 radical (unpaired) electrons. The molecule has 1 N–H and O–H groups in total. The number of nitro groups is 1. The molecule has 0 saturated heterocycles. The molecule has 0 spiro atoms. The van der Waals surface area contributed by atoms with E-state index in [1.807, 2.05) is 6.07 Å². The number of nitriles is 1. The van der Waals surface area contributed by atoms with Gasteiger partial charge in [0, 0.05) is 12.1 Å². The molecule has 3 rings (SSSR count). The summed E-state index contributed by atoms with van der Waals surface area (Å²) in [5.74, 6) is -0.668. The number of nitro benzene ring substituents is 1. The van der Waals surface area contributed by atoms with Crippen molar-refractivity contribution in [1.82, 2.24) is 5.32 Å². The molecule has 0 bridgehead atoms. The quantitative estimate of drug-likeness (QED) is 0.278. The summed E-state index contributed by atoms with van der Waals surface area (Å²) >= 11 is 0. The van der Waals surface area contributed by atoms with Gasteiger partial charge in [0.05, 0.1) is 10.5 Å². The van der Waals surface area contributed by atoms with Crippen LogP contribution >= 0.6 is 0 Å². The number of hydrogen-bond acceptors (Lipinski definition) is 5. The van der Waals surface area contributed by atoms with Crippen LogP contribution in [0, 0.1) is 21.4 Å². The SMILES string of the molecule is N#C/C(=C/c1ccc(Oc2ccc(C(F)(F)F)cc2[N+](=O)[O-])cc1)C(=O)NC1CCCC1. The van der Waals surface area contributed by atoms with Crippen LogP contribution in [0.1, 0.15) is 36.8 Å². The topological polar surface area (TPSA) is 105 Å². The number of rotatable bonds is 6. The number of nitrogens with zero attached hydrogens (tertiary/aromatic N) is 2. The summed E-state index contributed by atoms with van der Waals surface area (Å²) in [6.45, 7) is 0. The molecular formula is C22H18F3N3O4. The maximum Gasteiger partial charge on any atom is 0.416 e. The molecule has 1 aliphatic rings. The largest absolute Gasteiger partial charge is 0.450 e. The highest BCUT2D eigenvalue weighted by Gasteiger charge is 2.33. The van der Waals surface area contributed by atoms with Crippen LogP contribution in [0.5, 0.6) is 11.5 Å². The number of benzene rings is 2. The fourth-order valence-electron chi connectivity index (χ4n) is 3.33. The molecule has 7 nitrogen and oxygen atoms in total. The van der Waals surface area contributed by atoms with Gasteiger partial charge in [0.1, 0.15) is 17.4 Å². The van der Waals surface area contributed by atoms with E-state index in [0.717, 1.165) is 31.7 Å². The average molecular weight is 445 g/mol. The molecule has 0 atom stereocenters. The van der Waals surface area contributed by atoms with Gasteiger partial charge in [-0.3, -0.25) is 14.9 Å². The molecule has 166 valence electrons. The molecule has 1 aliphatic carbocycles. The number of carbonyl (C=O) groups is 1. The van der Waals surface area contributed by atoms with Crippen molar-refractivity contribution in [3.8, 4) is 17.6 Å². The minimum absolute atomic E-state index is 0.0644. The Morgan fingerprint density at radius 2 is 1.84 bits per heavy atom. The maximum absolute atomic E-state index is 12.8. The van der Waals surface area contributed by atoms with Crippen LogP contribution in [0.2, 0.25) is 0 Å². The highest BCUT2D eigenvalue weighted by Crippen LogP contribution is 2.37. The normalized spacial score (nSPS) is 14.6. The van der Waals surface area contributed by atoms with E-state index in [1.54, 1.807) is 0 Å². The van der Waals surface area contributed by atoms with Gasteiger partial charge < -0.3 is 10.1 Å². The Kier molecular flexibility index (Phi) is 6.78. The first kappa shape index (κ1) is 22.8. The average Bonchev–Trinajstić information content (AvgIpc) is 3.25. The van der Waals surface area contributed by atoms with Crippen molar-refractivity contribution in [3.05, 3.63) is 69.3 Å². The number of carbonyl (C=O) groups excluding carboxylic acids is 1. The second-order valence-corrected chi connectivity index (χ2v) is 7.23. The number of alkyl halides is 3. The monoisotopic (exact) mass is 445 g/mol. The van der Waals surface area contributed by atoms with E-state index in [-0.39, 0.29) is 23.1 Å². The third kappa shape index (κ3) is 5.63. The molecule has 0 aliphatic heterocycles. The summed E-state index contributed by atoms with van der Waals surface area (Å²) in [7, 11) is 0. The third-order valence-electron chi connectivity index (χ3n) is 4.96. The molecule has 32 heavy (non-hydrogen) atoms. The van der Waals surface area contributed by atoms with Gasteiger partial charge in [0.25, 0.3) is 5.91 Å². The van der Waals surface area contributed by atoms with Gasteiger partial charge >= 0.3 is 11.9 Å². The van der Waals surface area contributed by atoms with Crippen LogP contribution in [0.4, 0.5) is 18.9 Å². The van der Waals surface area contributed by atoms with Crippen molar-refractivity contribution in [2.45, 2.75) is 37.9 Å². The molecule has 0 aromatic heterocycles. The lowest BCUT2D eigenvalue weighted by atomic mass is 10.1. The Hall–Kier alpha value is -3.87. The molecule has 1 amide bonds. The van der Waals surface area contributed by atoms with E-state index in [1.165, 1.54) is 30.3 Å². The zero-order valence-electron chi connectivity index (χ0n) is 16.7. The van der Waals surface area contributed by atoms with E-state index in [4.69, 9.17) is 4.74 Å². The van der Waals surface area contributed by atoms with E-state index in [0.29, 0.717) is 17.7 Å². The maximum atomic E-state index is 12.8. The van der Waals surface area contributed by atoms with Crippen LogP contribution in [0.15, 0.2) is 48.0 Å². The van der Waals surface area contributed by atoms with Gasteiger partial charge in [-0.1, -0.05) is 25.0 Å². The third-order valence-corrected chi connectivity index (χ3v) is 4.96. The zero-order chi connectivity index (χ0) is 23.3. The predicted octanol–water partition coefficient (Wildman–Crippen LogP) is 5.37. The summed E-state index contributed by atoms with van der Waals surface area (Å²) in [5, 5.41) is 23.3. The fraction of sp³-hybridized carbons (Fsp3) is 0.273. The van der Waals surface area contributed by atoms with Crippen LogP contribution in [0.25, 0.3) is 6.08 Å². The lowest BCUT2D eigenvalue weighted by Crippen LogP contribution is -2.33. The number of amides is 1. The van der Waals surface area contributed by atoms with Gasteiger partial charge in [-0.05, 0) is 48.7 Å². The van der Waals surface area contributed by atoms with Crippen molar-refractivity contribution in [1.29, 1.82) is 5.26 Å². The van der Waals surface area contributed by atoms with E-state index >= 15 is 0 Å². The molecule has 1 saturated carbocycles. The molecule has 2 aromatic carbocycles. The van der Waals surface area contributed by atoms with Crippen LogP contribution in [-0.4, -0.2) is 16.9 Å². The van der Waals surface area contributed by atoms with Gasteiger partial charge in [-0.25, -0.2) is 0 Å². The van der Waals surface area contributed by atoms with Crippen LogP contribution < -0.4 is 10.1 Å². The summed E-state index contributed by atoms with van der Waals surface area (Å²) in [6, 6.07) is 9.82. The van der Waals surface area contributed by atoms with Crippen molar-refractivity contribution >= 4 is 17.7 Å². The second-order valence-electron chi connectivity index (χ2n) is 7.23.